The highest BCUT2D eigenvalue weighted by molar-refractivity contribution is 8.00. The normalized spacial score (nSPS) is 10.3. The Morgan fingerprint density at radius 2 is 1.71 bits per heavy atom. The van der Waals surface area contributed by atoms with Crippen LogP contribution in [-0.4, -0.2) is 12.0 Å². The fourth-order valence-electron chi connectivity index (χ4n) is 1.51. The molecule has 17 heavy (non-hydrogen) atoms. The molecule has 0 atom stereocenters. The smallest absolute Gasteiger partial charge is 0.138 e. The van der Waals surface area contributed by atoms with E-state index in [2.05, 4.69) is 40.5 Å². The zero-order valence-electron chi connectivity index (χ0n) is 10.3. The Morgan fingerprint density at radius 3 is 2.35 bits per heavy atom. The van der Waals surface area contributed by atoms with E-state index in [0.29, 0.717) is 0 Å². The number of nitrogens with zero attached hydrogens (tertiary/aromatic N) is 2. The van der Waals surface area contributed by atoms with Gasteiger partial charge in [-0.3, -0.25) is 4.31 Å². The predicted octanol–water partition coefficient (Wildman–Crippen LogP) is 3.84. The van der Waals surface area contributed by atoms with E-state index in [1.54, 1.807) is 11.9 Å². The molecule has 0 aliphatic heterocycles. The maximum Gasteiger partial charge on any atom is 0.138 e. The topological polar surface area (TPSA) is 16.1 Å². The zero-order chi connectivity index (χ0) is 12.3. The van der Waals surface area contributed by atoms with Crippen molar-refractivity contribution in [3.63, 3.8) is 0 Å². The molecule has 0 aliphatic carbocycles. The highest BCUT2D eigenvalue weighted by Crippen LogP contribution is 2.25. The number of hydrogen-bond acceptors (Lipinski definition) is 3. The molecule has 0 bridgehead atoms. The van der Waals surface area contributed by atoms with Gasteiger partial charge in [-0.25, -0.2) is 4.98 Å². The summed E-state index contributed by atoms with van der Waals surface area (Å²) in [6.07, 6.45) is 0. The van der Waals surface area contributed by atoms with Gasteiger partial charge in [0.25, 0.3) is 0 Å². The fraction of sp³-hybridized carbons (Fsp3) is 0.214. The van der Waals surface area contributed by atoms with Crippen molar-refractivity contribution in [1.29, 1.82) is 0 Å². The summed E-state index contributed by atoms with van der Waals surface area (Å²) >= 11 is 1.68. The van der Waals surface area contributed by atoms with Gasteiger partial charge < -0.3 is 0 Å². The van der Waals surface area contributed by atoms with Gasteiger partial charge in [0.15, 0.2) is 0 Å². The monoisotopic (exact) mass is 244 g/mol. The summed E-state index contributed by atoms with van der Waals surface area (Å²) in [4.78, 5) is 5.72. The van der Waals surface area contributed by atoms with Crippen LogP contribution < -0.4 is 4.31 Å². The van der Waals surface area contributed by atoms with E-state index >= 15 is 0 Å². The molecule has 0 saturated heterocycles. The summed E-state index contributed by atoms with van der Waals surface area (Å²) in [5.74, 6) is 0.982. The van der Waals surface area contributed by atoms with Gasteiger partial charge in [0, 0.05) is 17.6 Å². The molecular formula is C14H16N2S. The van der Waals surface area contributed by atoms with Crippen LogP contribution in [0.5, 0.6) is 0 Å². The maximum atomic E-state index is 4.49. The van der Waals surface area contributed by atoms with Gasteiger partial charge in [-0.05, 0) is 50.1 Å². The number of anilines is 1. The van der Waals surface area contributed by atoms with Crippen LogP contribution in [0.3, 0.4) is 0 Å². The molecule has 0 radical (unpaired) electrons. The minimum absolute atomic E-state index is 0.982. The van der Waals surface area contributed by atoms with Crippen molar-refractivity contribution in [3.8, 4) is 0 Å². The van der Waals surface area contributed by atoms with Crippen LogP contribution in [-0.2, 0) is 0 Å². The highest BCUT2D eigenvalue weighted by atomic mass is 32.2. The first-order valence-electron chi connectivity index (χ1n) is 5.57. The second-order valence-electron chi connectivity index (χ2n) is 4.04. The standard InChI is InChI=1S/C14H16N2S/c1-11-7-9-13(10-8-11)17-16(3)14-6-4-5-12(2)15-14/h4-10H,1-3H3. The lowest BCUT2D eigenvalue weighted by Crippen LogP contribution is -2.08. The molecule has 0 aliphatic rings. The molecule has 0 fully saturated rings. The average Bonchev–Trinajstić information content (AvgIpc) is 2.32. The first kappa shape index (κ1) is 12.0. The van der Waals surface area contributed by atoms with Gasteiger partial charge in [0.2, 0.25) is 0 Å². The van der Waals surface area contributed by atoms with Crippen molar-refractivity contribution in [2.45, 2.75) is 18.7 Å². The average molecular weight is 244 g/mol. The summed E-state index contributed by atoms with van der Waals surface area (Å²) in [7, 11) is 2.03. The van der Waals surface area contributed by atoms with Gasteiger partial charge in [-0.2, -0.15) is 0 Å². The molecule has 2 rings (SSSR count). The second kappa shape index (κ2) is 5.23. The Morgan fingerprint density at radius 1 is 1.00 bits per heavy atom. The SMILES string of the molecule is Cc1ccc(SN(C)c2cccc(C)n2)cc1. The van der Waals surface area contributed by atoms with E-state index in [1.807, 2.05) is 32.2 Å². The van der Waals surface area contributed by atoms with E-state index in [4.69, 9.17) is 0 Å². The summed E-state index contributed by atoms with van der Waals surface area (Å²) in [5.41, 5.74) is 2.32. The van der Waals surface area contributed by atoms with Gasteiger partial charge in [-0.15, -0.1) is 0 Å². The van der Waals surface area contributed by atoms with Gasteiger partial charge in [0.05, 0.1) is 0 Å². The van der Waals surface area contributed by atoms with E-state index in [-0.39, 0.29) is 0 Å². The van der Waals surface area contributed by atoms with Crippen molar-refractivity contribution in [2.75, 3.05) is 11.4 Å². The Kier molecular flexibility index (Phi) is 3.69. The molecule has 88 valence electrons. The second-order valence-corrected chi connectivity index (χ2v) is 5.24. The van der Waals surface area contributed by atoms with Crippen molar-refractivity contribution in [2.24, 2.45) is 0 Å². The van der Waals surface area contributed by atoms with E-state index < -0.39 is 0 Å². The fourth-order valence-corrected chi connectivity index (χ4v) is 2.28. The number of aryl methyl sites for hydroxylation is 2. The largest absolute Gasteiger partial charge is 0.300 e. The molecule has 0 N–H and O–H groups in total. The predicted molar refractivity (Wildman–Crippen MR) is 74.4 cm³/mol. The number of hydrogen-bond donors (Lipinski definition) is 0. The third kappa shape index (κ3) is 3.24. The van der Waals surface area contributed by atoms with Crippen LogP contribution in [0.15, 0.2) is 47.4 Å². The molecule has 1 heterocycles. The molecule has 2 nitrogen and oxygen atoms in total. The van der Waals surface area contributed by atoms with Crippen LogP contribution in [0.2, 0.25) is 0 Å². The lowest BCUT2D eigenvalue weighted by atomic mass is 10.2. The number of rotatable bonds is 3. The van der Waals surface area contributed by atoms with E-state index in [9.17, 15) is 0 Å². The molecule has 1 aromatic carbocycles. The molecule has 1 aromatic heterocycles. The summed E-state index contributed by atoms with van der Waals surface area (Å²) in [5, 5.41) is 0. The quantitative estimate of drug-likeness (QED) is 0.763. The highest BCUT2D eigenvalue weighted by Gasteiger charge is 2.04. The molecule has 0 unspecified atom stereocenters. The zero-order valence-corrected chi connectivity index (χ0v) is 11.2. The summed E-state index contributed by atoms with van der Waals surface area (Å²) in [6, 6.07) is 14.6. The first-order chi connectivity index (χ1) is 8.15. The van der Waals surface area contributed by atoms with Crippen LogP contribution >= 0.6 is 11.9 Å². The van der Waals surface area contributed by atoms with Crippen molar-refractivity contribution < 1.29 is 0 Å². The molecular weight excluding hydrogens is 228 g/mol. The van der Waals surface area contributed by atoms with Gasteiger partial charge in [-0.1, -0.05) is 23.8 Å². The summed E-state index contributed by atoms with van der Waals surface area (Å²) < 4.78 is 2.08. The van der Waals surface area contributed by atoms with Crippen LogP contribution in [0.4, 0.5) is 5.82 Å². The molecule has 2 aromatic rings. The maximum absolute atomic E-state index is 4.49. The molecule has 0 spiro atoms. The number of pyridine rings is 1. The lowest BCUT2D eigenvalue weighted by molar-refractivity contribution is 1.15. The Hall–Kier alpha value is -1.48. The third-order valence-corrected chi connectivity index (χ3v) is 3.40. The number of aromatic nitrogens is 1. The molecule has 0 saturated carbocycles. The Bertz CT molecular complexity index is 494. The molecule has 3 heteroatoms. The van der Waals surface area contributed by atoms with Crippen molar-refractivity contribution >= 4 is 17.8 Å². The van der Waals surface area contributed by atoms with Gasteiger partial charge in [0.1, 0.15) is 5.82 Å². The van der Waals surface area contributed by atoms with E-state index in [1.165, 1.54) is 10.5 Å². The summed E-state index contributed by atoms with van der Waals surface area (Å²) in [6.45, 7) is 4.11. The Labute approximate surface area is 107 Å². The van der Waals surface area contributed by atoms with Crippen LogP contribution in [0, 0.1) is 13.8 Å². The van der Waals surface area contributed by atoms with Crippen LogP contribution in [0.1, 0.15) is 11.3 Å². The first-order valence-corrected chi connectivity index (χ1v) is 6.34. The van der Waals surface area contributed by atoms with Crippen LogP contribution in [0.25, 0.3) is 0 Å². The van der Waals surface area contributed by atoms with Gasteiger partial charge >= 0.3 is 0 Å². The Balaban J connectivity index is 2.11. The van der Waals surface area contributed by atoms with Crippen molar-refractivity contribution in [1.82, 2.24) is 4.98 Å². The minimum atomic E-state index is 0.982. The third-order valence-electron chi connectivity index (χ3n) is 2.46. The van der Waals surface area contributed by atoms with E-state index in [0.717, 1.165) is 11.5 Å². The lowest BCUT2D eigenvalue weighted by Gasteiger charge is -2.16. The number of benzene rings is 1. The van der Waals surface area contributed by atoms with Crippen molar-refractivity contribution in [3.05, 3.63) is 53.7 Å². The minimum Gasteiger partial charge on any atom is -0.300 e. The molecule has 0 amide bonds.